The number of ether oxygens (including phenoxy) is 9. The van der Waals surface area contributed by atoms with E-state index >= 15 is 0 Å². The molecule has 594 valence electrons. The lowest BCUT2D eigenvalue weighted by atomic mass is 9.67. The van der Waals surface area contributed by atoms with Gasteiger partial charge in [-0.05, 0) is 120 Å². The number of amides is 7. The Kier molecular flexibility index (Phi) is 34.6. The molecule has 10 aliphatic rings. The van der Waals surface area contributed by atoms with Crippen LogP contribution in [0.3, 0.4) is 0 Å². The van der Waals surface area contributed by atoms with E-state index in [9.17, 15) is 38.4 Å². The molecule has 6 saturated heterocycles. The molecule has 0 bridgehead atoms. The van der Waals surface area contributed by atoms with Crippen LogP contribution in [0.4, 0.5) is 9.18 Å². The number of rotatable bonds is 41. The van der Waals surface area contributed by atoms with Gasteiger partial charge in [-0.15, -0.1) is 23.2 Å². The van der Waals surface area contributed by atoms with Gasteiger partial charge >= 0.3 is 6.03 Å². The molecule has 4 saturated carbocycles. The number of urea groups is 1. The predicted molar refractivity (Wildman–Crippen MR) is 391 cm³/mol. The van der Waals surface area contributed by atoms with Crippen molar-refractivity contribution in [2.24, 2.45) is 41.4 Å². The molecule has 0 aromatic heterocycles. The first kappa shape index (κ1) is 83.5. The van der Waals surface area contributed by atoms with E-state index < -0.39 is 30.2 Å². The van der Waals surface area contributed by atoms with Crippen molar-refractivity contribution in [2.45, 2.75) is 200 Å². The molecule has 0 radical (unpaired) electrons. The van der Waals surface area contributed by atoms with E-state index in [2.05, 4.69) is 61.0 Å². The van der Waals surface area contributed by atoms with Gasteiger partial charge in [-0.2, -0.15) is 5.26 Å². The Balaban J connectivity index is 0.484. The third-order valence-corrected chi connectivity index (χ3v) is 24.9. The molecule has 7 amide bonds. The van der Waals surface area contributed by atoms with Gasteiger partial charge in [0.1, 0.15) is 12.6 Å². The maximum Gasteiger partial charge on any atom is 0.315 e. The van der Waals surface area contributed by atoms with Crippen molar-refractivity contribution < 1.29 is 75.8 Å². The van der Waals surface area contributed by atoms with E-state index in [1.54, 1.807) is 16.8 Å². The monoisotopic (exact) mass is 1520 g/mol. The Labute approximate surface area is 631 Å². The summed E-state index contributed by atoms with van der Waals surface area (Å²) in [6.45, 7) is 15.5. The lowest BCUT2D eigenvalue weighted by Crippen LogP contribution is -2.74. The minimum Gasteiger partial charge on any atom is -0.379 e. The second-order valence-corrected chi connectivity index (χ2v) is 32.4. The van der Waals surface area contributed by atoms with Crippen LogP contribution >= 0.6 is 23.2 Å². The average Bonchev–Trinajstić information content (AvgIpc) is 1.54. The average molecular weight is 1520 g/mol. The molecule has 0 aromatic rings. The molecule has 18 atom stereocenters. The molecule has 30 heteroatoms. The first-order valence-electron chi connectivity index (χ1n) is 39.7. The summed E-state index contributed by atoms with van der Waals surface area (Å²) in [6.07, 6.45) is 18.2. The molecule has 105 heavy (non-hydrogen) atoms. The van der Waals surface area contributed by atoms with Crippen molar-refractivity contribution in [1.82, 2.24) is 56.0 Å². The van der Waals surface area contributed by atoms with Crippen molar-refractivity contribution in [3.05, 3.63) is 12.4 Å². The number of hydrogen-bond acceptors (Lipinski definition) is 21. The topological polar surface area (TPSA) is 289 Å². The highest BCUT2D eigenvalue weighted by Crippen LogP contribution is 2.46. The van der Waals surface area contributed by atoms with E-state index in [1.165, 1.54) is 37.0 Å². The van der Waals surface area contributed by atoms with Gasteiger partial charge in [-0.3, -0.25) is 54.6 Å². The third kappa shape index (κ3) is 25.3. The second-order valence-electron chi connectivity index (χ2n) is 31.2. The fraction of sp³-hybridized carbons (Fsp3) is 0.880. The van der Waals surface area contributed by atoms with Crippen LogP contribution in [0.15, 0.2) is 12.4 Å². The lowest BCUT2D eigenvalue weighted by Gasteiger charge is -2.56. The molecule has 5 N–H and O–H groups in total. The van der Waals surface area contributed by atoms with Crippen LogP contribution in [-0.4, -0.2) is 309 Å². The molecule has 6 heterocycles. The number of carbonyl (C=O) groups is 6. The highest BCUT2D eigenvalue weighted by molar-refractivity contribution is 6.21. The largest absolute Gasteiger partial charge is 0.379 e. The number of piperazine rings is 1. The number of likely N-dealkylation sites (N-methyl/N-ethyl adjacent to an activating group) is 2. The smallest absolute Gasteiger partial charge is 0.315 e. The van der Waals surface area contributed by atoms with Crippen LogP contribution in [-0.2, 0) is 66.6 Å². The summed E-state index contributed by atoms with van der Waals surface area (Å²) in [5, 5.41) is 26.3. The number of hydrogen-bond donors (Lipinski definition) is 5. The molecule has 0 spiro atoms. The number of unbranched alkanes of at least 4 members (excludes halogenated alkanes) is 2. The summed E-state index contributed by atoms with van der Waals surface area (Å²) in [7, 11) is 3.81. The van der Waals surface area contributed by atoms with Crippen LogP contribution in [0.5, 0.6) is 0 Å². The Morgan fingerprint density at radius 1 is 0.695 bits per heavy atom. The lowest BCUT2D eigenvalue weighted by molar-refractivity contribution is -0.144. The summed E-state index contributed by atoms with van der Waals surface area (Å²) in [5.74, 6) is -0.274. The Hall–Kier alpha value is -4.00. The fourth-order valence-electron chi connectivity index (χ4n) is 18.5. The summed E-state index contributed by atoms with van der Waals surface area (Å²) in [4.78, 5) is 88.4. The van der Waals surface area contributed by atoms with Crippen molar-refractivity contribution in [3.63, 3.8) is 0 Å². The molecule has 10 rings (SSSR count). The zero-order valence-electron chi connectivity index (χ0n) is 62.5. The summed E-state index contributed by atoms with van der Waals surface area (Å²) >= 11 is 13.8. The molecular weight excluding hydrogens is 1400 g/mol. The number of alkyl halides is 2. The molecule has 6 aliphatic heterocycles. The van der Waals surface area contributed by atoms with Gasteiger partial charge in [0, 0.05) is 119 Å². The van der Waals surface area contributed by atoms with Crippen LogP contribution < -0.4 is 26.6 Å². The summed E-state index contributed by atoms with van der Waals surface area (Å²) in [5.41, 5.74) is 0. The highest BCUT2D eigenvalue weighted by atomic mass is 35.5. The van der Waals surface area contributed by atoms with Crippen LogP contribution in [0.2, 0.25) is 0 Å². The number of halogens is 3. The Morgan fingerprint density at radius 3 is 2.09 bits per heavy atom. The fourth-order valence-corrected chi connectivity index (χ4v) is 19.5. The van der Waals surface area contributed by atoms with Crippen LogP contribution in [0.25, 0.3) is 0 Å². The quantitative estimate of drug-likeness (QED) is 0.0234. The van der Waals surface area contributed by atoms with E-state index in [0.29, 0.717) is 182 Å². The minimum absolute atomic E-state index is 0.0246. The van der Waals surface area contributed by atoms with Gasteiger partial charge < -0.3 is 68.0 Å². The van der Waals surface area contributed by atoms with Gasteiger partial charge in [-0.25, -0.2) is 9.18 Å². The molecular formula is C75H123Cl2FN12O15. The van der Waals surface area contributed by atoms with Gasteiger partial charge in [0.05, 0.1) is 123 Å². The number of likely N-dealkylation sites (tertiary alicyclic amines) is 3. The highest BCUT2D eigenvalue weighted by Gasteiger charge is 2.51. The van der Waals surface area contributed by atoms with E-state index in [4.69, 9.17) is 65.8 Å². The minimum atomic E-state index is -1.01. The predicted octanol–water partition coefficient (Wildman–Crippen LogP) is 4.96. The van der Waals surface area contributed by atoms with Gasteiger partial charge in [-0.1, -0.05) is 51.5 Å². The van der Waals surface area contributed by atoms with Crippen molar-refractivity contribution in [1.29, 1.82) is 5.26 Å². The zero-order chi connectivity index (χ0) is 74.0. The summed E-state index contributed by atoms with van der Waals surface area (Å²) in [6, 6.07) is 1.72. The maximum absolute atomic E-state index is 14.2. The molecule has 27 nitrogen and oxygen atoms in total. The van der Waals surface area contributed by atoms with Gasteiger partial charge in [0.15, 0.2) is 12.2 Å². The standard InChI is InChI=1S/C75H123Cl2FN12O15/c1-51(78)72(94)89-23-22-88(46-58(89)18-20-79)70-62-19-21-87(65-13-8-11-54-10-7-12-63(77)69(54)65)48-64(62)82-75(84-70)105-49-59-43-60(47-86(59)3)104-50-68(92)85(2)24-26-98-28-30-100-32-34-102-36-38-103-37-35-101-33-31-99-29-27-97-25-6-4-5-9-52-40-56(76)42-57(41-52)81-74(96)80-44-53-14-15-61-55(39-53)45-90(73(61)95)66-16-17-67(91)83-71(66)93/h52-66,69-70,75,82,84H,1,4-19,21-50H2,2-3H3,(H2,80,81,96)(H,83,91,93)/t52?,53?,54?,55?,56?,57?,58-,59-,60+,61?,62?,63?,64?,65?,66?,69?,70?,75?/m0/s1. The normalized spacial score (nSPS) is 32.6. The molecule has 10 fully saturated rings. The van der Waals surface area contributed by atoms with Crippen molar-refractivity contribution in [3.8, 4) is 6.07 Å². The first-order valence-corrected chi connectivity index (χ1v) is 40.6. The number of nitriles is 1. The Morgan fingerprint density at radius 2 is 1.39 bits per heavy atom. The van der Waals surface area contributed by atoms with Crippen LogP contribution in [0.1, 0.15) is 135 Å². The maximum atomic E-state index is 14.2. The molecule has 0 aromatic carbocycles. The van der Waals surface area contributed by atoms with Gasteiger partial charge in [0.2, 0.25) is 23.6 Å². The van der Waals surface area contributed by atoms with E-state index in [0.717, 1.165) is 90.1 Å². The molecule has 15 unspecified atom stereocenters. The number of fused-ring (bicyclic) bond motifs is 3. The van der Waals surface area contributed by atoms with Gasteiger partial charge in [0.25, 0.3) is 5.91 Å². The van der Waals surface area contributed by atoms with Crippen molar-refractivity contribution >= 4 is 58.8 Å². The van der Waals surface area contributed by atoms with E-state index in [-0.39, 0.29) is 114 Å². The number of imide groups is 1. The Bertz CT molecular complexity index is 2790. The number of carbonyl (C=O) groups excluding carboxylic acids is 6. The second kappa shape index (κ2) is 43.6. The zero-order valence-corrected chi connectivity index (χ0v) is 64.0. The van der Waals surface area contributed by atoms with E-state index in [1.807, 2.05) is 0 Å². The van der Waals surface area contributed by atoms with Crippen molar-refractivity contribution in [2.75, 3.05) is 179 Å². The third-order valence-electron chi connectivity index (χ3n) is 24.0. The number of nitrogens with one attached hydrogen (secondary N) is 5. The summed E-state index contributed by atoms with van der Waals surface area (Å²) < 4.78 is 66.8. The van der Waals surface area contributed by atoms with Crippen LogP contribution in [0, 0.1) is 52.8 Å². The molecule has 4 aliphatic carbocycles. The number of nitrogens with zero attached hydrogens (tertiary/aromatic N) is 7. The first-order chi connectivity index (χ1) is 51.0. The SMILES string of the molecule is C=C(F)C(=O)N1CCN(C2NC(OC[C@@H]3C[C@@H](OCC(=O)N(C)CCOCCOCCOCCOCCOCCOCCOCCCCCC4CC(Cl)CC(NC(=O)NCC5CCC6C(=O)N(C7CCC(=O)NC7=O)CC6C5)C4)CN3C)NC3CN(C4CCCC5CCCC(Cl)C54)CCC32)C[C@@H]1CC#N. The number of piperidine rings is 2.